The molecule has 3 rings (SSSR count). The maximum absolute atomic E-state index is 11.1. The molecular formula is C19H18N4OS2. The summed E-state index contributed by atoms with van der Waals surface area (Å²) < 4.78 is 0. The second kappa shape index (κ2) is 8.73. The predicted octanol–water partition coefficient (Wildman–Crippen LogP) is 5.77. The van der Waals surface area contributed by atoms with Crippen molar-refractivity contribution in [3.8, 4) is 11.3 Å². The van der Waals surface area contributed by atoms with Gasteiger partial charge in [-0.2, -0.15) is 5.11 Å². The van der Waals surface area contributed by atoms with Gasteiger partial charge >= 0.3 is 0 Å². The second-order valence-electron chi connectivity index (χ2n) is 5.52. The lowest BCUT2D eigenvalue weighted by atomic mass is 10.1. The minimum absolute atomic E-state index is 0.0859. The first-order chi connectivity index (χ1) is 12.6. The summed E-state index contributed by atoms with van der Waals surface area (Å²) in [6, 6.07) is 15.9. The fourth-order valence-electron chi connectivity index (χ4n) is 2.28. The van der Waals surface area contributed by atoms with E-state index in [2.05, 4.69) is 51.1 Å². The van der Waals surface area contributed by atoms with E-state index in [1.54, 1.807) is 11.8 Å². The van der Waals surface area contributed by atoms with Crippen LogP contribution in [0.15, 0.2) is 69.0 Å². The summed E-state index contributed by atoms with van der Waals surface area (Å²) in [7, 11) is 0. The molecule has 0 radical (unpaired) electrons. The summed E-state index contributed by atoms with van der Waals surface area (Å²) >= 11 is 3.18. The van der Waals surface area contributed by atoms with Crippen LogP contribution in [-0.4, -0.2) is 17.1 Å². The minimum Gasteiger partial charge on any atom is -0.326 e. The molecule has 1 amide bonds. The van der Waals surface area contributed by atoms with Gasteiger partial charge < -0.3 is 5.32 Å². The number of nitrogens with one attached hydrogen (secondary N) is 1. The van der Waals surface area contributed by atoms with Crippen molar-refractivity contribution in [2.75, 3.05) is 11.6 Å². The van der Waals surface area contributed by atoms with Crippen LogP contribution in [0.4, 0.5) is 10.8 Å². The number of benzene rings is 2. The van der Waals surface area contributed by atoms with Gasteiger partial charge in [0, 0.05) is 28.5 Å². The molecule has 7 heteroatoms. The molecule has 0 aliphatic rings. The van der Waals surface area contributed by atoms with Gasteiger partial charge in [0.05, 0.1) is 12.2 Å². The third-order valence-electron chi connectivity index (χ3n) is 3.56. The number of rotatable bonds is 6. The first-order valence-electron chi connectivity index (χ1n) is 7.98. The van der Waals surface area contributed by atoms with E-state index in [0.717, 1.165) is 22.5 Å². The third-order valence-corrected chi connectivity index (χ3v) is 5.03. The summed E-state index contributed by atoms with van der Waals surface area (Å²) in [5.74, 6) is -0.0859. The Morgan fingerprint density at radius 2 is 1.88 bits per heavy atom. The van der Waals surface area contributed by atoms with Gasteiger partial charge in [-0.1, -0.05) is 24.3 Å². The van der Waals surface area contributed by atoms with Gasteiger partial charge in [0.15, 0.2) is 0 Å². The summed E-state index contributed by atoms with van der Waals surface area (Å²) in [4.78, 5) is 16.8. The third kappa shape index (κ3) is 5.00. The first kappa shape index (κ1) is 18.3. The van der Waals surface area contributed by atoms with Crippen molar-refractivity contribution < 1.29 is 4.79 Å². The molecule has 1 aromatic heterocycles. The molecule has 0 saturated heterocycles. The zero-order chi connectivity index (χ0) is 18.4. The monoisotopic (exact) mass is 382 g/mol. The summed E-state index contributed by atoms with van der Waals surface area (Å²) in [5.41, 5.74) is 3.72. The number of hydrogen-bond donors (Lipinski definition) is 1. The van der Waals surface area contributed by atoms with E-state index in [1.807, 2.05) is 29.6 Å². The lowest BCUT2D eigenvalue weighted by molar-refractivity contribution is -0.114. The van der Waals surface area contributed by atoms with E-state index in [0.29, 0.717) is 11.7 Å². The highest BCUT2D eigenvalue weighted by Gasteiger charge is 2.04. The van der Waals surface area contributed by atoms with E-state index in [9.17, 15) is 4.79 Å². The van der Waals surface area contributed by atoms with Crippen LogP contribution in [0.25, 0.3) is 11.3 Å². The first-order valence-corrected chi connectivity index (χ1v) is 10.1. The zero-order valence-electron chi connectivity index (χ0n) is 14.5. The average Bonchev–Trinajstić information content (AvgIpc) is 3.11. The highest BCUT2D eigenvalue weighted by molar-refractivity contribution is 7.98. The van der Waals surface area contributed by atoms with Gasteiger partial charge in [0.2, 0.25) is 11.0 Å². The van der Waals surface area contributed by atoms with Crippen LogP contribution in [0.5, 0.6) is 0 Å². The number of hydrogen-bond acceptors (Lipinski definition) is 6. The Morgan fingerprint density at radius 3 is 2.54 bits per heavy atom. The molecule has 2 aromatic carbocycles. The Kier molecular flexibility index (Phi) is 6.14. The molecule has 0 spiro atoms. The van der Waals surface area contributed by atoms with E-state index < -0.39 is 0 Å². The molecule has 0 bridgehead atoms. The number of azo groups is 1. The summed E-state index contributed by atoms with van der Waals surface area (Å²) in [5, 5.41) is 13.8. The molecular weight excluding hydrogens is 364 g/mol. The Hall–Kier alpha value is -2.51. The van der Waals surface area contributed by atoms with Crippen molar-refractivity contribution in [2.24, 2.45) is 10.2 Å². The fourth-order valence-corrected chi connectivity index (χ4v) is 3.35. The highest BCUT2D eigenvalue weighted by Crippen LogP contribution is 2.28. The Bertz CT molecular complexity index is 902. The topological polar surface area (TPSA) is 66.7 Å². The number of carbonyl (C=O) groups is 1. The van der Waals surface area contributed by atoms with Crippen LogP contribution in [0.1, 0.15) is 12.5 Å². The fraction of sp³-hybridized carbons (Fsp3) is 0.158. The van der Waals surface area contributed by atoms with Gasteiger partial charge in [-0.25, -0.2) is 4.98 Å². The van der Waals surface area contributed by atoms with Crippen molar-refractivity contribution in [1.29, 1.82) is 0 Å². The quantitative estimate of drug-likeness (QED) is 0.434. The number of aromatic nitrogens is 1. The Labute approximate surface area is 160 Å². The largest absolute Gasteiger partial charge is 0.326 e. The maximum Gasteiger partial charge on any atom is 0.230 e. The molecule has 0 fully saturated rings. The van der Waals surface area contributed by atoms with Crippen LogP contribution < -0.4 is 5.32 Å². The molecule has 1 heterocycles. The van der Waals surface area contributed by atoms with E-state index in [4.69, 9.17) is 0 Å². The molecule has 26 heavy (non-hydrogen) atoms. The van der Waals surface area contributed by atoms with Crippen LogP contribution in [0.3, 0.4) is 0 Å². The number of nitrogens with zero attached hydrogens (tertiary/aromatic N) is 3. The van der Waals surface area contributed by atoms with Crippen molar-refractivity contribution >= 4 is 39.8 Å². The Balaban J connectivity index is 1.62. The number of thiazole rings is 1. The number of thioether (sulfide) groups is 1. The van der Waals surface area contributed by atoms with Crippen molar-refractivity contribution in [3.63, 3.8) is 0 Å². The average molecular weight is 383 g/mol. The van der Waals surface area contributed by atoms with Crippen LogP contribution in [-0.2, 0) is 11.3 Å². The number of anilines is 1. The van der Waals surface area contributed by atoms with Gasteiger partial charge in [-0.05, 0) is 36.1 Å². The van der Waals surface area contributed by atoms with Gasteiger partial charge in [-0.15, -0.1) is 28.2 Å². The van der Waals surface area contributed by atoms with Crippen LogP contribution in [0, 0.1) is 0 Å². The molecule has 0 atom stereocenters. The molecule has 3 aromatic rings. The Morgan fingerprint density at radius 1 is 1.15 bits per heavy atom. The minimum atomic E-state index is -0.0859. The molecule has 0 aliphatic heterocycles. The lowest BCUT2D eigenvalue weighted by Crippen LogP contribution is -2.05. The van der Waals surface area contributed by atoms with Crippen molar-refractivity contribution in [2.45, 2.75) is 18.4 Å². The predicted molar refractivity (Wildman–Crippen MR) is 108 cm³/mol. The van der Waals surface area contributed by atoms with Gasteiger partial charge in [0.1, 0.15) is 0 Å². The number of carbonyl (C=O) groups excluding carboxylic acids is 1. The molecule has 0 aliphatic carbocycles. The molecule has 0 saturated carbocycles. The number of amides is 1. The van der Waals surface area contributed by atoms with Crippen LogP contribution in [0.2, 0.25) is 0 Å². The summed E-state index contributed by atoms with van der Waals surface area (Å²) in [6.07, 6.45) is 2.06. The molecule has 1 N–H and O–H groups in total. The SMILES string of the molecule is CSc1ccc(CN=Nc2nc(-c3ccc(NC(C)=O)cc3)cs2)cc1. The maximum atomic E-state index is 11.1. The zero-order valence-corrected chi connectivity index (χ0v) is 16.1. The standard InChI is InChI=1S/C19H18N4OS2/c1-13(24)21-16-7-5-15(6-8-16)18-12-26-19(22-18)23-20-11-14-3-9-17(25-2)10-4-14/h3-10,12H,11H2,1-2H3,(H,21,24). The van der Waals surface area contributed by atoms with Crippen LogP contribution >= 0.6 is 23.1 Å². The normalized spacial score (nSPS) is 11.0. The van der Waals surface area contributed by atoms with E-state index in [1.165, 1.54) is 23.2 Å². The second-order valence-corrected chi connectivity index (χ2v) is 7.24. The molecule has 5 nitrogen and oxygen atoms in total. The smallest absolute Gasteiger partial charge is 0.230 e. The van der Waals surface area contributed by atoms with E-state index in [-0.39, 0.29) is 5.91 Å². The highest BCUT2D eigenvalue weighted by atomic mass is 32.2. The van der Waals surface area contributed by atoms with Gasteiger partial charge in [0.25, 0.3) is 0 Å². The lowest BCUT2D eigenvalue weighted by Gasteiger charge is -2.02. The summed E-state index contributed by atoms with van der Waals surface area (Å²) in [6.45, 7) is 2.03. The molecule has 0 unspecified atom stereocenters. The van der Waals surface area contributed by atoms with E-state index >= 15 is 0 Å². The van der Waals surface area contributed by atoms with Gasteiger partial charge in [-0.3, -0.25) is 4.79 Å². The molecule has 132 valence electrons. The van der Waals surface area contributed by atoms with Crippen molar-refractivity contribution in [1.82, 2.24) is 4.98 Å². The van der Waals surface area contributed by atoms with Crippen molar-refractivity contribution in [3.05, 3.63) is 59.5 Å².